The first-order chi connectivity index (χ1) is 12.1. The highest BCUT2D eigenvalue weighted by Crippen LogP contribution is 2.33. The zero-order valence-electron chi connectivity index (χ0n) is 13.5. The largest absolute Gasteiger partial charge is 0.490 e. The molecule has 4 rings (SSSR count). The molecule has 3 aromatic rings. The molecule has 25 heavy (non-hydrogen) atoms. The number of nitrogens with one attached hydrogen (secondary N) is 1. The van der Waals surface area contributed by atoms with Gasteiger partial charge in [-0.15, -0.1) is 0 Å². The number of carbonyl (C=O) groups excluding carboxylic acids is 1. The molecule has 2 aromatic carbocycles. The zero-order valence-corrected chi connectivity index (χ0v) is 14.2. The Bertz CT molecular complexity index is 951. The highest BCUT2D eigenvalue weighted by molar-refractivity contribution is 6.33. The normalized spacial score (nSPS) is 15.5. The summed E-state index contributed by atoms with van der Waals surface area (Å²) in [4.78, 5) is 12.3. The van der Waals surface area contributed by atoms with Gasteiger partial charge in [0.25, 0.3) is 5.91 Å². The smallest absolute Gasteiger partial charge is 0.277 e. The second-order valence-corrected chi connectivity index (χ2v) is 6.37. The second kappa shape index (κ2) is 6.26. The van der Waals surface area contributed by atoms with Crippen LogP contribution in [-0.2, 0) is 6.42 Å². The predicted octanol–water partition coefficient (Wildman–Crippen LogP) is 4.57. The fourth-order valence-corrected chi connectivity index (χ4v) is 3.03. The topological polar surface area (TPSA) is 64.4 Å². The fourth-order valence-electron chi connectivity index (χ4n) is 2.84. The van der Waals surface area contributed by atoms with Gasteiger partial charge >= 0.3 is 0 Å². The van der Waals surface area contributed by atoms with E-state index in [0.29, 0.717) is 16.5 Å². The predicted molar refractivity (Wildman–Crippen MR) is 95.1 cm³/mol. The maximum absolute atomic E-state index is 12.3. The summed E-state index contributed by atoms with van der Waals surface area (Å²) in [5.41, 5.74) is 2.71. The molecule has 1 atom stereocenters. The number of anilines is 1. The molecule has 5 nitrogen and oxygen atoms in total. The van der Waals surface area contributed by atoms with E-state index in [1.54, 1.807) is 30.3 Å². The molecule has 0 bridgehead atoms. The molecule has 1 aliphatic rings. The number of ether oxygens (including phenoxy) is 1. The van der Waals surface area contributed by atoms with Gasteiger partial charge in [-0.25, -0.2) is 0 Å². The number of aromatic nitrogens is 1. The van der Waals surface area contributed by atoms with Crippen LogP contribution in [0.3, 0.4) is 0 Å². The van der Waals surface area contributed by atoms with E-state index in [2.05, 4.69) is 10.5 Å². The number of carbonyl (C=O) groups is 1. The molecule has 1 aliphatic heterocycles. The lowest BCUT2D eigenvalue weighted by atomic mass is 10.1. The number of rotatable bonds is 3. The monoisotopic (exact) mass is 354 g/mol. The van der Waals surface area contributed by atoms with Crippen molar-refractivity contribution < 1.29 is 14.1 Å². The maximum atomic E-state index is 12.3. The summed E-state index contributed by atoms with van der Waals surface area (Å²) >= 11 is 6.05. The molecule has 6 heteroatoms. The highest BCUT2D eigenvalue weighted by Gasteiger charge is 2.21. The first-order valence-corrected chi connectivity index (χ1v) is 8.30. The summed E-state index contributed by atoms with van der Waals surface area (Å²) < 4.78 is 11.0. The summed E-state index contributed by atoms with van der Waals surface area (Å²) in [5, 5.41) is 7.06. The zero-order chi connectivity index (χ0) is 17.4. The molecule has 0 saturated carbocycles. The number of amides is 1. The van der Waals surface area contributed by atoms with Gasteiger partial charge in [0.1, 0.15) is 11.9 Å². The second-order valence-electron chi connectivity index (χ2n) is 5.97. The molecule has 0 radical (unpaired) electrons. The van der Waals surface area contributed by atoms with E-state index in [-0.39, 0.29) is 17.7 Å². The maximum Gasteiger partial charge on any atom is 0.277 e. The number of benzene rings is 2. The standard InChI is InChI=1S/C19H15ClN2O3/c1-11-8-13-9-12(6-7-17(13)24-11)18-10-16(22-25-18)19(23)21-15-5-3-2-4-14(15)20/h2-7,9-11H,8H2,1H3,(H,21,23)/t11-/m0/s1. The van der Waals surface area contributed by atoms with Crippen molar-refractivity contribution in [1.82, 2.24) is 5.16 Å². The number of fused-ring (bicyclic) bond motifs is 1. The molecular formula is C19H15ClN2O3. The number of halogens is 1. The van der Waals surface area contributed by atoms with Crippen molar-refractivity contribution in [3.8, 4) is 17.1 Å². The van der Waals surface area contributed by atoms with E-state index in [4.69, 9.17) is 20.9 Å². The van der Waals surface area contributed by atoms with Crippen LogP contribution in [-0.4, -0.2) is 17.2 Å². The van der Waals surface area contributed by atoms with Crippen LogP contribution >= 0.6 is 11.6 Å². The Balaban J connectivity index is 1.55. The van der Waals surface area contributed by atoms with Crippen molar-refractivity contribution in [3.05, 3.63) is 64.8 Å². The molecule has 0 unspecified atom stereocenters. The van der Waals surface area contributed by atoms with Crippen molar-refractivity contribution in [2.45, 2.75) is 19.4 Å². The summed E-state index contributed by atoms with van der Waals surface area (Å²) in [5.74, 6) is 1.06. The van der Waals surface area contributed by atoms with Crippen LogP contribution in [0.15, 0.2) is 53.1 Å². The van der Waals surface area contributed by atoms with E-state index >= 15 is 0 Å². The molecule has 0 spiro atoms. The molecule has 0 saturated heterocycles. The molecule has 1 amide bonds. The Kier molecular flexibility index (Phi) is 3.93. The SMILES string of the molecule is C[C@H]1Cc2cc(-c3cc(C(=O)Nc4ccccc4Cl)no3)ccc2O1. The van der Waals surface area contributed by atoms with Crippen molar-refractivity contribution in [2.75, 3.05) is 5.32 Å². The lowest BCUT2D eigenvalue weighted by molar-refractivity contribution is 0.101. The van der Waals surface area contributed by atoms with Crippen molar-refractivity contribution in [1.29, 1.82) is 0 Å². The Morgan fingerprint density at radius 2 is 2.08 bits per heavy atom. The number of para-hydroxylation sites is 1. The van der Waals surface area contributed by atoms with Gasteiger partial charge in [0.2, 0.25) is 0 Å². The quantitative estimate of drug-likeness (QED) is 0.748. The van der Waals surface area contributed by atoms with Crippen molar-refractivity contribution >= 4 is 23.2 Å². The summed E-state index contributed by atoms with van der Waals surface area (Å²) in [6, 6.07) is 14.5. The van der Waals surface area contributed by atoms with Crippen LogP contribution in [0.1, 0.15) is 23.0 Å². The number of nitrogens with zero attached hydrogens (tertiary/aromatic N) is 1. The van der Waals surface area contributed by atoms with E-state index < -0.39 is 0 Å². The minimum atomic E-state index is -0.374. The Hall–Kier alpha value is -2.79. The number of hydrogen-bond donors (Lipinski definition) is 1. The lowest BCUT2D eigenvalue weighted by Crippen LogP contribution is -2.12. The van der Waals surface area contributed by atoms with Gasteiger partial charge in [-0.3, -0.25) is 4.79 Å². The lowest BCUT2D eigenvalue weighted by Gasteiger charge is -2.04. The van der Waals surface area contributed by atoms with Crippen LogP contribution in [0.4, 0.5) is 5.69 Å². The van der Waals surface area contributed by atoms with Gasteiger partial charge in [0.05, 0.1) is 10.7 Å². The van der Waals surface area contributed by atoms with Gasteiger partial charge in [0.15, 0.2) is 11.5 Å². The molecule has 0 aliphatic carbocycles. The van der Waals surface area contributed by atoms with E-state index in [1.807, 2.05) is 25.1 Å². The van der Waals surface area contributed by atoms with Gasteiger partial charge < -0.3 is 14.6 Å². The van der Waals surface area contributed by atoms with Gasteiger partial charge in [0, 0.05) is 18.1 Å². The molecule has 1 aromatic heterocycles. The van der Waals surface area contributed by atoms with E-state index in [9.17, 15) is 4.79 Å². The molecule has 0 fully saturated rings. The Morgan fingerprint density at radius 1 is 1.24 bits per heavy atom. The van der Waals surface area contributed by atoms with Crippen LogP contribution < -0.4 is 10.1 Å². The minimum Gasteiger partial charge on any atom is -0.490 e. The van der Waals surface area contributed by atoms with Crippen LogP contribution in [0.2, 0.25) is 5.02 Å². The van der Waals surface area contributed by atoms with Crippen LogP contribution in [0, 0.1) is 0 Å². The van der Waals surface area contributed by atoms with Gasteiger partial charge in [-0.05, 0) is 42.8 Å². The van der Waals surface area contributed by atoms with E-state index in [1.165, 1.54) is 0 Å². The van der Waals surface area contributed by atoms with E-state index in [0.717, 1.165) is 23.3 Å². The number of hydrogen-bond acceptors (Lipinski definition) is 4. The van der Waals surface area contributed by atoms with Crippen LogP contribution in [0.25, 0.3) is 11.3 Å². The summed E-state index contributed by atoms with van der Waals surface area (Å²) in [6.45, 7) is 2.03. The first-order valence-electron chi connectivity index (χ1n) is 7.93. The van der Waals surface area contributed by atoms with Crippen molar-refractivity contribution in [2.24, 2.45) is 0 Å². The molecule has 126 valence electrons. The first kappa shape index (κ1) is 15.7. The minimum absolute atomic E-state index is 0.178. The summed E-state index contributed by atoms with van der Waals surface area (Å²) in [6.07, 6.45) is 1.04. The molecule has 2 heterocycles. The highest BCUT2D eigenvalue weighted by atomic mass is 35.5. The average Bonchev–Trinajstić information content (AvgIpc) is 3.21. The third-order valence-electron chi connectivity index (χ3n) is 4.05. The fraction of sp³-hybridized carbons (Fsp3) is 0.158. The van der Waals surface area contributed by atoms with Crippen molar-refractivity contribution in [3.63, 3.8) is 0 Å². The molecule has 1 N–H and O–H groups in total. The average molecular weight is 355 g/mol. The third-order valence-corrected chi connectivity index (χ3v) is 4.37. The summed E-state index contributed by atoms with van der Waals surface area (Å²) in [7, 11) is 0. The van der Waals surface area contributed by atoms with Gasteiger partial charge in [-0.1, -0.05) is 28.9 Å². The Labute approximate surface area is 149 Å². The van der Waals surface area contributed by atoms with Crippen LogP contribution in [0.5, 0.6) is 5.75 Å². The third kappa shape index (κ3) is 3.10. The Morgan fingerprint density at radius 3 is 2.92 bits per heavy atom. The molecular weight excluding hydrogens is 340 g/mol. The van der Waals surface area contributed by atoms with Gasteiger partial charge in [-0.2, -0.15) is 0 Å².